The number of pyridine rings is 1. The molecule has 0 atom stereocenters. The first-order valence-electron chi connectivity index (χ1n) is 12.7. The van der Waals surface area contributed by atoms with Gasteiger partial charge in [0.15, 0.2) is 27.1 Å². The third kappa shape index (κ3) is 5.63. The summed E-state index contributed by atoms with van der Waals surface area (Å²) in [5.41, 5.74) is 1.08. The Morgan fingerprint density at radius 1 is 1.10 bits per heavy atom. The molecule has 1 fully saturated rings. The fraction of sp³-hybridized carbons (Fsp3) is 0.423. The monoisotopic (exact) mass is 552 g/mol. The Morgan fingerprint density at radius 2 is 1.87 bits per heavy atom. The smallest absolute Gasteiger partial charge is 0.295 e. The van der Waals surface area contributed by atoms with Gasteiger partial charge in [0.1, 0.15) is 17.5 Å². The number of halogens is 1. The van der Waals surface area contributed by atoms with Crippen molar-refractivity contribution in [1.29, 1.82) is 0 Å². The second-order valence-corrected chi connectivity index (χ2v) is 12.5. The first-order valence-corrected chi connectivity index (χ1v) is 14.3. The van der Waals surface area contributed by atoms with Crippen LogP contribution in [0.25, 0.3) is 22.6 Å². The van der Waals surface area contributed by atoms with Crippen molar-refractivity contribution < 1.29 is 12.8 Å². The molecule has 0 saturated heterocycles. The first kappa shape index (κ1) is 26.7. The van der Waals surface area contributed by atoms with Gasteiger partial charge in [-0.1, -0.05) is 6.92 Å². The molecule has 4 aromatic heterocycles. The zero-order valence-corrected chi connectivity index (χ0v) is 23.0. The molecule has 5 rings (SSSR count). The van der Waals surface area contributed by atoms with Crippen molar-refractivity contribution >= 4 is 26.8 Å². The Labute approximate surface area is 224 Å². The minimum atomic E-state index is -3.37. The van der Waals surface area contributed by atoms with E-state index in [9.17, 15) is 17.6 Å². The lowest BCUT2D eigenvalue weighted by Crippen LogP contribution is -2.33. The number of hydrogen-bond donors (Lipinski definition) is 1. The van der Waals surface area contributed by atoms with Gasteiger partial charge in [0.2, 0.25) is 0 Å². The van der Waals surface area contributed by atoms with Crippen molar-refractivity contribution in [2.24, 2.45) is 0 Å². The van der Waals surface area contributed by atoms with E-state index in [-0.39, 0.29) is 35.2 Å². The molecule has 11 nitrogen and oxygen atoms in total. The quantitative estimate of drug-likeness (QED) is 0.328. The summed E-state index contributed by atoms with van der Waals surface area (Å²) in [6.07, 6.45) is 6.38. The van der Waals surface area contributed by atoms with Gasteiger partial charge in [-0.2, -0.15) is 0 Å². The van der Waals surface area contributed by atoms with E-state index in [2.05, 4.69) is 35.2 Å². The molecule has 0 radical (unpaired) electrons. The Hall–Kier alpha value is -3.87. The minimum Gasteiger partial charge on any atom is -0.360 e. The molecule has 0 aliphatic heterocycles. The van der Waals surface area contributed by atoms with E-state index in [0.717, 1.165) is 29.8 Å². The Balaban J connectivity index is 1.54. The van der Waals surface area contributed by atoms with Crippen LogP contribution in [0.5, 0.6) is 0 Å². The second kappa shape index (κ2) is 10.0. The van der Waals surface area contributed by atoms with Crippen LogP contribution in [0.3, 0.4) is 0 Å². The molecular formula is C26H29FN8O3S. The van der Waals surface area contributed by atoms with Crippen molar-refractivity contribution in [3.8, 4) is 11.4 Å². The summed E-state index contributed by atoms with van der Waals surface area (Å²) >= 11 is 0. The highest BCUT2D eigenvalue weighted by Gasteiger charge is 2.30. The molecule has 0 amide bonds. The van der Waals surface area contributed by atoms with E-state index < -0.39 is 21.1 Å². The number of fused-ring (bicyclic) bond motifs is 1. The van der Waals surface area contributed by atoms with Gasteiger partial charge in [-0.15, -0.1) is 0 Å². The molecule has 1 N–H and O–H groups in total. The molecule has 1 aliphatic rings. The molecule has 39 heavy (non-hydrogen) atoms. The maximum atomic E-state index is 14.9. The average molecular weight is 553 g/mol. The minimum absolute atomic E-state index is 0.0203. The number of aryl methyl sites for hydroxylation is 1. The zero-order valence-electron chi connectivity index (χ0n) is 22.1. The normalized spacial score (nSPS) is 14.1. The summed E-state index contributed by atoms with van der Waals surface area (Å²) < 4.78 is 40.2. The highest BCUT2D eigenvalue weighted by Crippen LogP contribution is 2.43. The largest absolute Gasteiger partial charge is 0.360 e. The molecule has 4 aromatic rings. The Morgan fingerprint density at radius 3 is 2.51 bits per heavy atom. The topological polar surface area (TPSA) is 146 Å². The van der Waals surface area contributed by atoms with Gasteiger partial charge >= 0.3 is 0 Å². The SMILES string of the molecule is CCS(=O)(=O)c1ccc(CNc2nc3cnc(-c4c(C)ncnc4C4CC4)nc3n(CC(C)(C)F)c2=O)nc1. The third-order valence-electron chi connectivity index (χ3n) is 6.45. The van der Waals surface area contributed by atoms with Gasteiger partial charge in [-0.25, -0.2) is 37.7 Å². The van der Waals surface area contributed by atoms with Crippen molar-refractivity contribution in [2.75, 3.05) is 11.1 Å². The van der Waals surface area contributed by atoms with Crippen LogP contribution >= 0.6 is 0 Å². The van der Waals surface area contributed by atoms with Gasteiger partial charge < -0.3 is 5.32 Å². The fourth-order valence-electron chi connectivity index (χ4n) is 4.27. The summed E-state index contributed by atoms with van der Waals surface area (Å²) in [7, 11) is -3.37. The zero-order chi connectivity index (χ0) is 27.9. The molecular weight excluding hydrogens is 523 g/mol. The van der Waals surface area contributed by atoms with Crippen molar-refractivity contribution in [3.05, 3.63) is 58.3 Å². The summed E-state index contributed by atoms with van der Waals surface area (Å²) in [6.45, 7) is 6.04. The second-order valence-electron chi connectivity index (χ2n) is 10.2. The Kier molecular flexibility index (Phi) is 6.87. The lowest BCUT2D eigenvalue weighted by molar-refractivity contribution is 0.186. The molecule has 0 unspecified atom stereocenters. The van der Waals surface area contributed by atoms with Crippen LogP contribution in [0.2, 0.25) is 0 Å². The number of rotatable bonds is 9. The van der Waals surface area contributed by atoms with Crippen LogP contribution in [0, 0.1) is 6.92 Å². The van der Waals surface area contributed by atoms with E-state index in [1.165, 1.54) is 43.2 Å². The highest BCUT2D eigenvalue weighted by atomic mass is 32.2. The van der Waals surface area contributed by atoms with Crippen molar-refractivity contribution in [1.82, 2.24) is 34.5 Å². The van der Waals surface area contributed by atoms with Crippen LogP contribution in [-0.2, 0) is 22.9 Å². The van der Waals surface area contributed by atoms with Crippen molar-refractivity contribution in [3.63, 3.8) is 0 Å². The molecule has 0 aromatic carbocycles. The van der Waals surface area contributed by atoms with Crippen LogP contribution in [0.15, 0.2) is 40.5 Å². The fourth-order valence-corrected chi connectivity index (χ4v) is 5.09. The molecule has 1 aliphatic carbocycles. The van der Waals surface area contributed by atoms with Gasteiger partial charge in [0.05, 0.1) is 52.6 Å². The number of aromatic nitrogens is 7. The van der Waals surface area contributed by atoms with Gasteiger partial charge in [0.25, 0.3) is 5.56 Å². The van der Waals surface area contributed by atoms with Crippen LogP contribution in [0.1, 0.15) is 56.6 Å². The standard InChI is InChI=1S/C26H29FN8O3S/c1-5-39(37,38)18-9-8-17(28-11-18)10-29-23-25(36)35(13-26(3,4)27)24-19(33-23)12-30-22(34-24)20-15(2)31-14-32-21(20)16-6-7-16/h8-9,11-12,14,16H,5-7,10,13H2,1-4H3,(H,29,33). The molecule has 204 valence electrons. The number of nitrogens with one attached hydrogen (secondary N) is 1. The number of sulfone groups is 1. The van der Waals surface area contributed by atoms with Gasteiger partial charge in [-0.3, -0.25) is 14.3 Å². The summed E-state index contributed by atoms with van der Waals surface area (Å²) in [4.78, 5) is 40.2. The maximum absolute atomic E-state index is 14.9. The number of alkyl halides is 1. The molecule has 0 spiro atoms. The summed E-state index contributed by atoms with van der Waals surface area (Å²) in [5.74, 6) is 0.636. The lowest BCUT2D eigenvalue weighted by Gasteiger charge is -2.19. The predicted octanol–water partition coefficient (Wildman–Crippen LogP) is 3.38. The van der Waals surface area contributed by atoms with E-state index in [0.29, 0.717) is 23.0 Å². The van der Waals surface area contributed by atoms with E-state index in [1.54, 1.807) is 13.0 Å². The molecule has 13 heteroatoms. The van der Waals surface area contributed by atoms with Gasteiger partial charge in [0, 0.05) is 12.1 Å². The number of anilines is 1. The van der Waals surface area contributed by atoms with Gasteiger partial charge in [-0.05, 0) is 45.7 Å². The maximum Gasteiger partial charge on any atom is 0.295 e. The van der Waals surface area contributed by atoms with E-state index in [1.807, 2.05) is 6.92 Å². The first-order chi connectivity index (χ1) is 18.5. The highest BCUT2D eigenvalue weighted by molar-refractivity contribution is 7.91. The molecule has 4 heterocycles. The predicted molar refractivity (Wildman–Crippen MR) is 144 cm³/mol. The lowest BCUT2D eigenvalue weighted by atomic mass is 10.1. The Bertz CT molecular complexity index is 1710. The number of nitrogens with zero attached hydrogens (tertiary/aromatic N) is 7. The molecule has 0 bridgehead atoms. The van der Waals surface area contributed by atoms with Crippen LogP contribution in [-0.4, -0.2) is 54.3 Å². The summed E-state index contributed by atoms with van der Waals surface area (Å²) in [5, 5.41) is 2.95. The van der Waals surface area contributed by atoms with Crippen molar-refractivity contribution in [2.45, 2.75) is 70.1 Å². The summed E-state index contributed by atoms with van der Waals surface area (Å²) in [6, 6.07) is 3.04. The van der Waals surface area contributed by atoms with Crippen LogP contribution < -0.4 is 10.9 Å². The van der Waals surface area contributed by atoms with E-state index in [4.69, 9.17) is 0 Å². The van der Waals surface area contributed by atoms with E-state index >= 15 is 0 Å². The number of hydrogen-bond acceptors (Lipinski definition) is 10. The molecule has 1 saturated carbocycles. The third-order valence-corrected chi connectivity index (χ3v) is 8.17. The van der Waals surface area contributed by atoms with Crippen LogP contribution in [0.4, 0.5) is 10.2 Å². The average Bonchev–Trinajstić information content (AvgIpc) is 3.74.